The van der Waals surface area contributed by atoms with E-state index in [0.29, 0.717) is 80.2 Å². The molecule has 77 heavy (non-hydrogen) atoms. The molecule has 0 aliphatic carbocycles. The molecule has 4 aliphatic heterocycles. The summed E-state index contributed by atoms with van der Waals surface area (Å²) in [5, 5.41) is 5.43. The van der Waals surface area contributed by atoms with Gasteiger partial charge in [-0.05, 0) is 134 Å². The van der Waals surface area contributed by atoms with Crippen LogP contribution in [0.5, 0.6) is 5.75 Å². The number of carbonyl (C=O) groups excluding carboxylic acids is 4. The molecule has 0 spiro atoms. The van der Waals surface area contributed by atoms with Gasteiger partial charge in [-0.25, -0.2) is 28.3 Å². The number of fused-ring (bicyclic) bond motifs is 2. The molecule has 10 rings (SSSR count). The van der Waals surface area contributed by atoms with Crippen molar-refractivity contribution >= 4 is 57.4 Å². The van der Waals surface area contributed by atoms with Crippen molar-refractivity contribution in [2.45, 2.75) is 121 Å². The van der Waals surface area contributed by atoms with Gasteiger partial charge in [0.2, 0.25) is 11.8 Å². The van der Waals surface area contributed by atoms with Crippen LogP contribution >= 0.6 is 0 Å². The highest BCUT2D eigenvalue weighted by molar-refractivity contribution is 5.88. The maximum Gasteiger partial charge on any atom is 0.407 e. The Morgan fingerprint density at radius 1 is 0.584 bits per heavy atom. The van der Waals surface area contributed by atoms with Crippen LogP contribution in [0.2, 0.25) is 0 Å². The summed E-state index contributed by atoms with van der Waals surface area (Å²) in [6, 6.07) is 20.2. The van der Waals surface area contributed by atoms with Crippen molar-refractivity contribution in [3.05, 3.63) is 113 Å². The Morgan fingerprint density at radius 3 is 1.47 bits per heavy atom. The number of rotatable bonds is 14. The lowest BCUT2D eigenvalue weighted by Gasteiger charge is -2.36. The fourth-order valence-corrected chi connectivity index (χ4v) is 12.3. The van der Waals surface area contributed by atoms with Crippen LogP contribution in [0.1, 0.15) is 137 Å². The lowest BCUT2D eigenvalue weighted by Crippen LogP contribution is -2.51. The predicted molar refractivity (Wildman–Crippen MR) is 289 cm³/mol. The zero-order valence-corrected chi connectivity index (χ0v) is 44.9. The number of ether oxygens (including phenoxy) is 3. The molecule has 0 unspecified atom stereocenters. The number of halogens is 2. The number of nitrogens with one attached hydrogen (secondary N) is 4. The van der Waals surface area contributed by atoms with E-state index in [1.54, 1.807) is 16.9 Å². The fraction of sp³-hybridized carbons (Fsp3) is 0.483. The summed E-state index contributed by atoms with van der Waals surface area (Å²) in [6.45, 7) is 9.57. The van der Waals surface area contributed by atoms with Crippen molar-refractivity contribution < 1.29 is 42.2 Å². The van der Waals surface area contributed by atoms with E-state index >= 15 is 8.78 Å². The molecule has 19 heteroatoms. The van der Waals surface area contributed by atoms with E-state index in [2.05, 4.69) is 37.6 Å². The van der Waals surface area contributed by atoms with E-state index < -0.39 is 35.9 Å². The molecule has 4 N–H and O–H groups in total. The Bertz CT molecular complexity index is 2970. The fourth-order valence-electron chi connectivity index (χ4n) is 12.3. The van der Waals surface area contributed by atoms with Gasteiger partial charge < -0.3 is 54.4 Å². The molecule has 4 amide bonds. The van der Waals surface area contributed by atoms with Crippen LogP contribution in [0, 0.1) is 23.5 Å². The number of imidazole rings is 2. The molecule has 4 aliphatic rings. The number of aromatic amines is 2. The molecule has 0 radical (unpaired) electrons. The van der Waals surface area contributed by atoms with Gasteiger partial charge >= 0.3 is 12.2 Å². The minimum absolute atomic E-state index is 0.0226. The number of piperidine rings is 1. The first-order valence-corrected chi connectivity index (χ1v) is 27.1. The number of anilines is 2. The highest BCUT2D eigenvalue weighted by atomic mass is 19.1. The van der Waals surface area contributed by atoms with Crippen LogP contribution in [-0.4, -0.2) is 113 Å². The molecule has 0 saturated carbocycles. The number of likely N-dealkylation sites (tertiary alicyclic amines) is 2. The van der Waals surface area contributed by atoms with Gasteiger partial charge in [-0.15, -0.1) is 0 Å². The number of H-pyrrole nitrogens is 2. The summed E-state index contributed by atoms with van der Waals surface area (Å²) < 4.78 is 48.8. The molecule has 6 heterocycles. The summed E-state index contributed by atoms with van der Waals surface area (Å²) in [6.07, 6.45) is 4.41. The van der Waals surface area contributed by atoms with Gasteiger partial charge in [0.1, 0.15) is 35.2 Å². The molecule has 2 aromatic heterocycles. The number of alkyl carbamates (subject to hydrolysis) is 2. The summed E-state index contributed by atoms with van der Waals surface area (Å²) >= 11 is 0. The highest BCUT2D eigenvalue weighted by Crippen LogP contribution is 2.49. The minimum Gasteiger partial charge on any atom is -0.497 e. The Hall–Kier alpha value is -7.44. The zero-order chi connectivity index (χ0) is 54.2. The van der Waals surface area contributed by atoms with Crippen LogP contribution in [-0.2, 0) is 19.1 Å². The number of aromatic nitrogens is 4. The summed E-state index contributed by atoms with van der Waals surface area (Å²) in [7, 11) is 4.19. The highest BCUT2D eigenvalue weighted by Gasteiger charge is 2.41. The number of benzene rings is 4. The van der Waals surface area contributed by atoms with E-state index in [9.17, 15) is 19.2 Å². The maximum atomic E-state index is 16.9. The molecule has 17 nitrogen and oxygen atoms in total. The Balaban J connectivity index is 0.961. The van der Waals surface area contributed by atoms with E-state index in [1.165, 1.54) is 31.9 Å². The molecule has 408 valence electrons. The summed E-state index contributed by atoms with van der Waals surface area (Å²) in [5.41, 5.74) is 6.38. The molecule has 0 bridgehead atoms. The lowest BCUT2D eigenvalue weighted by atomic mass is 9.89. The average molecular weight is 1060 g/mol. The average Bonchev–Trinajstić information content (AvgIpc) is 4.31. The largest absolute Gasteiger partial charge is 0.497 e. The van der Waals surface area contributed by atoms with Crippen molar-refractivity contribution in [3.8, 4) is 5.75 Å². The van der Waals surface area contributed by atoms with Gasteiger partial charge in [0.25, 0.3) is 0 Å². The molecule has 4 fully saturated rings. The zero-order valence-electron chi connectivity index (χ0n) is 44.9. The number of carbonyl (C=O) groups is 4. The summed E-state index contributed by atoms with van der Waals surface area (Å²) in [4.78, 5) is 77.1. The predicted octanol–water partition coefficient (Wildman–Crippen LogP) is 10.3. The van der Waals surface area contributed by atoms with Crippen molar-refractivity contribution in [1.82, 2.24) is 40.4 Å². The monoisotopic (exact) mass is 1060 g/mol. The number of nitrogens with zero attached hydrogens (tertiary/aromatic N) is 6. The second-order valence-corrected chi connectivity index (χ2v) is 21.7. The van der Waals surface area contributed by atoms with E-state index in [1.807, 2.05) is 81.1 Å². The molecule has 4 aromatic carbocycles. The molecular weight excluding hydrogens is 987 g/mol. The Kier molecular flexibility index (Phi) is 15.3. The van der Waals surface area contributed by atoms with Crippen LogP contribution in [0.25, 0.3) is 22.1 Å². The number of amides is 4. The maximum absolute atomic E-state index is 16.9. The quantitative estimate of drug-likeness (QED) is 0.0812. The molecule has 6 atom stereocenters. The Labute approximate surface area is 447 Å². The third-order valence-electron chi connectivity index (χ3n) is 16.4. The van der Waals surface area contributed by atoms with E-state index in [4.69, 9.17) is 24.2 Å². The number of methoxy groups -OCH3 is 3. The first kappa shape index (κ1) is 53.0. The summed E-state index contributed by atoms with van der Waals surface area (Å²) in [5.74, 6) is 0.333. The standard InChI is InChI=1S/C58H70F2N10O7/c1-32(2)50(65-57(73)76-6)55(71)68-24-8-10-48(68)53-61-42-18-14-36(28-44(42)63-53)46-20-21-47(70(46)38-30-40(59)52(41(60)31-38)67-26-22-35(23-27-67)34-12-16-39(75-5)17-13-34)37-15-19-43-45(29-37)64-54(62-43)49-11-9-25-69(49)56(72)51(33(3)4)66-58(74)77-7/h12-19,28-33,35,46-51H,8-11,20-27H2,1-7H3,(H,61,63)(H,62,64)(H,65,73)(H,66,74)/t46-,47-,48+,49+,50+,51+/m1/s1. The second-order valence-electron chi connectivity index (χ2n) is 21.7. The molecule has 6 aromatic rings. The second kappa shape index (κ2) is 22.3. The lowest BCUT2D eigenvalue weighted by molar-refractivity contribution is -0.136. The third-order valence-corrected chi connectivity index (χ3v) is 16.4. The minimum atomic E-state index is -0.772. The first-order valence-electron chi connectivity index (χ1n) is 27.1. The van der Waals surface area contributed by atoms with Gasteiger partial charge in [0.15, 0.2) is 11.6 Å². The number of hydrogen-bond donors (Lipinski definition) is 4. The third kappa shape index (κ3) is 10.6. The topological polar surface area (TPSA) is 190 Å². The van der Waals surface area contributed by atoms with Crippen molar-refractivity contribution in [3.63, 3.8) is 0 Å². The van der Waals surface area contributed by atoms with Gasteiger partial charge in [0, 0.05) is 31.9 Å². The van der Waals surface area contributed by atoms with Crippen LogP contribution < -0.4 is 25.2 Å². The van der Waals surface area contributed by atoms with Crippen molar-refractivity contribution in [2.75, 3.05) is 57.3 Å². The van der Waals surface area contributed by atoms with Crippen molar-refractivity contribution in [1.29, 1.82) is 0 Å². The Morgan fingerprint density at radius 2 is 1.04 bits per heavy atom. The van der Waals surface area contributed by atoms with E-state index in [-0.39, 0.29) is 59.4 Å². The van der Waals surface area contributed by atoms with Crippen molar-refractivity contribution in [2.24, 2.45) is 11.8 Å². The SMILES string of the molecule is COC(=O)N[C@H](C(=O)N1CCC[C@H]1c1nc2cc([C@H]3CC[C@H](c4ccc5[nH]c([C@@H]6CCCN6C(=O)[C@@H](NC(=O)OC)C(C)C)nc5c4)N3c3cc(F)c(N4CCC(c5ccc(OC)cc5)CC4)c(F)c3)ccc2[nH]1)C(C)C. The van der Waals surface area contributed by atoms with E-state index in [0.717, 1.165) is 53.6 Å². The van der Waals surface area contributed by atoms with Gasteiger partial charge in [-0.3, -0.25) is 9.59 Å². The van der Waals surface area contributed by atoms with Crippen LogP contribution in [0.4, 0.5) is 29.7 Å². The van der Waals surface area contributed by atoms with Gasteiger partial charge in [-0.1, -0.05) is 52.0 Å². The smallest absolute Gasteiger partial charge is 0.407 e. The molecule has 4 saturated heterocycles. The normalized spacial score (nSPS) is 20.9. The van der Waals surface area contributed by atoms with Gasteiger partial charge in [-0.2, -0.15) is 0 Å². The number of hydrogen-bond acceptors (Lipinski definition) is 11. The van der Waals surface area contributed by atoms with Crippen LogP contribution in [0.15, 0.2) is 72.8 Å². The molecular formula is C58H70F2N10O7. The van der Waals surface area contributed by atoms with Crippen LogP contribution in [0.3, 0.4) is 0 Å². The van der Waals surface area contributed by atoms with Gasteiger partial charge in [0.05, 0.1) is 67.6 Å². The first-order chi connectivity index (χ1) is 37.1.